The average molecular weight is 319 g/mol. The molecule has 2 aromatic rings. The lowest BCUT2D eigenvalue weighted by atomic mass is 9.93. The lowest BCUT2D eigenvalue weighted by Crippen LogP contribution is -2.27. The molecule has 1 saturated carbocycles. The molecule has 0 saturated heterocycles. The number of aromatic nitrogens is 2. The zero-order chi connectivity index (χ0) is 15.6. The van der Waals surface area contributed by atoms with Gasteiger partial charge in [0.2, 0.25) is 16.0 Å². The van der Waals surface area contributed by atoms with Gasteiger partial charge in [0.1, 0.15) is 5.82 Å². The highest BCUT2D eigenvalue weighted by Crippen LogP contribution is 2.23. The maximum atomic E-state index is 11.2. The number of rotatable bonds is 5. The van der Waals surface area contributed by atoms with E-state index in [2.05, 4.69) is 20.6 Å². The first-order chi connectivity index (χ1) is 10.5. The van der Waals surface area contributed by atoms with Crippen LogP contribution >= 0.6 is 0 Å². The Hall–Kier alpha value is -2.19. The van der Waals surface area contributed by atoms with Crippen LogP contribution in [0.15, 0.2) is 41.4 Å². The van der Waals surface area contributed by atoms with Crippen molar-refractivity contribution >= 4 is 27.5 Å². The quantitative estimate of drug-likeness (QED) is 0.775. The van der Waals surface area contributed by atoms with Crippen molar-refractivity contribution in [3.63, 3.8) is 0 Å². The number of hydrogen-bond acceptors (Lipinski definition) is 6. The number of hydrogen-bond donors (Lipinski definition) is 3. The molecule has 0 unspecified atom stereocenters. The lowest BCUT2D eigenvalue weighted by Gasteiger charge is -2.26. The van der Waals surface area contributed by atoms with E-state index in [1.807, 2.05) is 6.07 Å². The summed E-state index contributed by atoms with van der Waals surface area (Å²) in [5.74, 6) is 1.23. The minimum absolute atomic E-state index is 0.0689. The molecule has 116 valence electrons. The van der Waals surface area contributed by atoms with Gasteiger partial charge in [-0.3, -0.25) is 0 Å². The molecule has 1 heterocycles. The van der Waals surface area contributed by atoms with Crippen molar-refractivity contribution in [2.24, 2.45) is 5.14 Å². The van der Waals surface area contributed by atoms with Gasteiger partial charge in [0.15, 0.2) is 0 Å². The van der Waals surface area contributed by atoms with Crippen LogP contribution < -0.4 is 15.8 Å². The van der Waals surface area contributed by atoms with Crippen LogP contribution in [0, 0.1) is 0 Å². The highest BCUT2D eigenvalue weighted by atomic mass is 32.2. The largest absolute Gasteiger partial charge is 0.367 e. The summed E-state index contributed by atoms with van der Waals surface area (Å²) in [6, 6.07) is 8.44. The van der Waals surface area contributed by atoms with E-state index in [-0.39, 0.29) is 4.90 Å². The summed E-state index contributed by atoms with van der Waals surface area (Å²) >= 11 is 0. The van der Waals surface area contributed by atoms with Gasteiger partial charge < -0.3 is 10.6 Å². The summed E-state index contributed by atoms with van der Waals surface area (Å²) in [5.41, 5.74) is 0.688. The van der Waals surface area contributed by atoms with Crippen molar-refractivity contribution in [3.8, 4) is 0 Å². The second-order valence-corrected chi connectivity index (χ2v) is 6.79. The molecule has 22 heavy (non-hydrogen) atoms. The van der Waals surface area contributed by atoms with Crippen LogP contribution in [-0.4, -0.2) is 24.4 Å². The summed E-state index contributed by atoms with van der Waals surface area (Å²) < 4.78 is 22.4. The van der Waals surface area contributed by atoms with Gasteiger partial charge in [0.25, 0.3) is 0 Å². The third kappa shape index (κ3) is 3.52. The molecule has 7 nitrogen and oxygen atoms in total. The van der Waals surface area contributed by atoms with E-state index in [0.717, 1.165) is 5.82 Å². The number of primary sulfonamides is 1. The van der Waals surface area contributed by atoms with E-state index in [1.54, 1.807) is 18.3 Å². The van der Waals surface area contributed by atoms with Crippen molar-refractivity contribution < 1.29 is 8.42 Å². The SMILES string of the molecule is NS(=O)(=O)c1ccc(Nc2nccc(NC3CCC3)n2)cc1. The first kappa shape index (κ1) is 14.7. The average Bonchev–Trinajstić information content (AvgIpc) is 2.43. The van der Waals surface area contributed by atoms with Crippen LogP contribution in [0.4, 0.5) is 17.5 Å². The number of nitrogens with zero attached hydrogens (tertiary/aromatic N) is 2. The maximum absolute atomic E-state index is 11.2. The molecule has 0 spiro atoms. The lowest BCUT2D eigenvalue weighted by molar-refractivity contribution is 0.444. The summed E-state index contributed by atoms with van der Waals surface area (Å²) in [6.45, 7) is 0. The fourth-order valence-corrected chi connectivity index (χ4v) is 2.63. The van der Waals surface area contributed by atoms with Crippen LogP contribution in [0.3, 0.4) is 0 Å². The molecule has 0 radical (unpaired) electrons. The Morgan fingerprint density at radius 1 is 1.14 bits per heavy atom. The van der Waals surface area contributed by atoms with E-state index in [9.17, 15) is 8.42 Å². The summed E-state index contributed by atoms with van der Waals surface area (Å²) in [7, 11) is -3.68. The van der Waals surface area contributed by atoms with Crippen molar-refractivity contribution in [3.05, 3.63) is 36.5 Å². The molecule has 8 heteroatoms. The van der Waals surface area contributed by atoms with Crippen molar-refractivity contribution in [2.75, 3.05) is 10.6 Å². The Kier molecular flexibility index (Phi) is 3.95. The fraction of sp³-hybridized carbons (Fsp3) is 0.286. The molecule has 1 aromatic carbocycles. The molecule has 1 aliphatic carbocycles. The van der Waals surface area contributed by atoms with Crippen molar-refractivity contribution in [2.45, 2.75) is 30.2 Å². The number of nitrogens with one attached hydrogen (secondary N) is 2. The number of anilines is 3. The molecule has 1 fully saturated rings. The smallest absolute Gasteiger partial charge is 0.238 e. The van der Waals surface area contributed by atoms with Gasteiger partial charge in [0.05, 0.1) is 4.90 Å². The van der Waals surface area contributed by atoms with Crippen LogP contribution in [0.25, 0.3) is 0 Å². The van der Waals surface area contributed by atoms with E-state index in [0.29, 0.717) is 17.7 Å². The minimum Gasteiger partial charge on any atom is -0.367 e. The number of nitrogens with two attached hydrogens (primary N) is 1. The molecule has 0 amide bonds. The Morgan fingerprint density at radius 3 is 2.45 bits per heavy atom. The van der Waals surface area contributed by atoms with Gasteiger partial charge in [-0.2, -0.15) is 4.98 Å². The zero-order valence-corrected chi connectivity index (χ0v) is 12.7. The standard InChI is InChI=1S/C14H17N5O2S/c15-22(20,21)12-6-4-11(5-7-12)18-14-16-9-8-13(19-14)17-10-2-1-3-10/h4-10H,1-3H2,(H2,15,20,21)(H2,16,17,18,19). The first-order valence-corrected chi connectivity index (χ1v) is 8.55. The highest BCUT2D eigenvalue weighted by molar-refractivity contribution is 7.89. The summed E-state index contributed by atoms with van der Waals surface area (Å²) in [6.07, 6.45) is 5.27. The molecule has 1 aromatic heterocycles. The van der Waals surface area contributed by atoms with Gasteiger partial charge in [-0.05, 0) is 49.6 Å². The van der Waals surface area contributed by atoms with E-state index in [1.165, 1.54) is 31.4 Å². The molecule has 3 rings (SSSR count). The van der Waals surface area contributed by atoms with Crippen LogP contribution in [0.5, 0.6) is 0 Å². The van der Waals surface area contributed by atoms with E-state index in [4.69, 9.17) is 5.14 Å². The first-order valence-electron chi connectivity index (χ1n) is 7.00. The van der Waals surface area contributed by atoms with Gasteiger partial charge in [-0.25, -0.2) is 18.5 Å². The van der Waals surface area contributed by atoms with Crippen LogP contribution in [0.1, 0.15) is 19.3 Å². The Morgan fingerprint density at radius 2 is 1.86 bits per heavy atom. The summed E-state index contributed by atoms with van der Waals surface area (Å²) in [5, 5.41) is 11.4. The molecule has 0 atom stereocenters. The van der Waals surface area contributed by atoms with Crippen molar-refractivity contribution in [1.82, 2.24) is 9.97 Å². The zero-order valence-electron chi connectivity index (χ0n) is 11.9. The number of sulfonamides is 1. The van der Waals surface area contributed by atoms with Gasteiger partial charge in [0, 0.05) is 17.9 Å². The minimum atomic E-state index is -3.68. The normalized spacial score (nSPS) is 15.1. The second-order valence-electron chi connectivity index (χ2n) is 5.23. The summed E-state index contributed by atoms with van der Waals surface area (Å²) in [4.78, 5) is 8.61. The fourth-order valence-electron chi connectivity index (χ4n) is 2.12. The van der Waals surface area contributed by atoms with Crippen LogP contribution in [0.2, 0.25) is 0 Å². The monoisotopic (exact) mass is 319 g/mol. The molecule has 1 aliphatic rings. The second kappa shape index (κ2) is 5.90. The predicted octanol–water partition coefficient (Wildman–Crippen LogP) is 1.83. The van der Waals surface area contributed by atoms with E-state index >= 15 is 0 Å². The van der Waals surface area contributed by atoms with Gasteiger partial charge >= 0.3 is 0 Å². The Labute approximate surface area is 129 Å². The molecule has 0 aliphatic heterocycles. The van der Waals surface area contributed by atoms with Crippen molar-refractivity contribution in [1.29, 1.82) is 0 Å². The Bertz CT molecular complexity index is 757. The topological polar surface area (TPSA) is 110 Å². The molecule has 4 N–H and O–H groups in total. The third-order valence-electron chi connectivity index (χ3n) is 3.55. The third-order valence-corrected chi connectivity index (χ3v) is 4.48. The van der Waals surface area contributed by atoms with E-state index < -0.39 is 10.0 Å². The van der Waals surface area contributed by atoms with Gasteiger partial charge in [-0.15, -0.1) is 0 Å². The molecule has 0 bridgehead atoms. The molecular formula is C14H17N5O2S. The predicted molar refractivity (Wildman–Crippen MR) is 84.4 cm³/mol. The highest BCUT2D eigenvalue weighted by Gasteiger charge is 2.17. The Balaban J connectivity index is 1.71. The van der Waals surface area contributed by atoms with Gasteiger partial charge in [-0.1, -0.05) is 0 Å². The maximum Gasteiger partial charge on any atom is 0.238 e. The van der Waals surface area contributed by atoms with Crippen LogP contribution in [-0.2, 0) is 10.0 Å². The number of benzene rings is 1. The molecular weight excluding hydrogens is 302 g/mol.